The number of hydrogen-bond donors (Lipinski definition) is 3. The lowest BCUT2D eigenvalue weighted by Gasteiger charge is -2.17. The highest BCUT2D eigenvalue weighted by Gasteiger charge is 2.44. The molecule has 0 aliphatic carbocycles. The van der Waals surface area contributed by atoms with E-state index in [4.69, 9.17) is 9.84 Å². The van der Waals surface area contributed by atoms with Crippen molar-refractivity contribution in [3.8, 4) is 0 Å². The summed E-state index contributed by atoms with van der Waals surface area (Å²) in [6.07, 6.45) is -1.14. The van der Waals surface area contributed by atoms with E-state index in [0.717, 1.165) is 0 Å². The molecule has 0 unspecified atom stereocenters. The van der Waals surface area contributed by atoms with Crippen LogP contribution >= 0.6 is 0 Å². The largest absolute Gasteiger partial charge is 0.394 e. The van der Waals surface area contributed by atoms with Crippen LogP contribution in [-0.2, 0) is 4.74 Å². The van der Waals surface area contributed by atoms with Gasteiger partial charge in [-0.15, -0.1) is 0 Å². The summed E-state index contributed by atoms with van der Waals surface area (Å²) in [5.41, 5.74) is 1.06. The second-order valence-electron chi connectivity index (χ2n) is 5.14. The summed E-state index contributed by atoms with van der Waals surface area (Å²) < 4.78 is 7.02. The summed E-state index contributed by atoms with van der Waals surface area (Å²) in [6.45, 7) is -0.376. The lowest BCUT2D eigenvalue weighted by Crippen LogP contribution is -2.33. The number of aliphatic hydroxyl groups is 3. The Morgan fingerprint density at radius 1 is 1.24 bits per heavy atom. The van der Waals surface area contributed by atoms with Crippen molar-refractivity contribution in [1.82, 2.24) is 19.5 Å². The van der Waals surface area contributed by atoms with E-state index in [2.05, 4.69) is 15.0 Å². The third-order valence-electron chi connectivity index (χ3n) is 3.55. The Kier molecular flexibility index (Phi) is 3.49. The SMILES string of the molecule is CN(C)c1ncnc2c1ncn2[C@@H]1O[C@H](CO)[C@H](O)[C@H]1O. The van der Waals surface area contributed by atoms with E-state index >= 15 is 0 Å². The van der Waals surface area contributed by atoms with Gasteiger partial charge in [-0.1, -0.05) is 0 Å². The van der Waals surface area contributed by atoms with Crippen LogP contribution < -0.4 is 4.90 Å². The molecule has 0 amide bonds. The molecule has 3 rings (SSSR count). The monoisotopic (exact) mass is 295 g/mol. The van der Waals surface area contributed by atoms with Gasteiger partial charge in [0, 0.05) is 14.1 Å². The average molecular weight is 295 g/mol. The number of ether oxygens (including phenoxy) is 1. The molecule has 21 heavy (non-hydrogen) atoms. The van der Waals surface area contributed by atoms with Crippen molar-refractivity contribution in [2.24, 2.45) is 0 Å². The van der Waals surface area contributed by atoms with Crippen LogP contribution in [0.2, 0.25) is 0 Å². The van der Waals surface area contributed by atoms with Gasteiger partial charge in [-0.2, -0.15) is 0 Å². The molecule has 114 valence electrons. The predicted octanol–water partition coefficient (Wildman–Crippen LogP) is -1.50. The van der Waals surface area contributed by atoms with Crippen LogP contribution in [0.15, 0.2) is 12.7 Å². The zero-order chi connectivity index (χ0) is 15.1. The highest BCUT2D eigenvalue weighted by atomic mass is 16.6. The van der Waals surface area contributed by atoms with Gasteiger partial charge in [0.25, 0.3) is 0 Å². The molecular weight excluding hydrogens is 278 g/mol. The maximum Gasteiger partial charge on any atom is 0.167 e. The third-order valence-corrected chi connectivity index (χ3v) is 3.55. The number of nitrogens with zero attached hydrogens (tertiary/aromatic N) is 5. The van der Waals surface area contributed by atoms with Gasteiger partial charge in [-0.25, -0.2) is 15.0 Å². The highest BCUT2D eigenvalue weighted by Crippen LogP contribution is 2.32. The van der Waals surface area contributed by atoms with E-state index in [1.807, 2.05) is 14.1 Å². The van der Waals surface area contributed by atoms with Crippen molar-refractivity contribution in [1.29, 1.82) is 0 Å². The Morgan fingerprint density at radius 2 is 2.00 bits per heavy atom. The first-order valence-electron chi connectivity index (χ1n) is 6.52. The number of fused-ring (bicyclic) bond motifs is 1. The van der Waals surface area contributed by atoms with Crippen LogP contribution in [0.25, 0.3) is 11.2 Å². The van der Waals surface area contributed by atoms with Gasteiger partial charge in [0.15, 0.2) is 23.2 Å². The summed E-state index contributed by atoms with van der Waals surface area (Å²) in [7, 11) is 3.68. The molecule has 0 saturated carbocycles. The molecule has 0 spiro atoms. The van der Waals surface area contributed by atoms with Gasteiger partial charge < -0.3 is 25.0 Å². The van der Waals surface area contributed by atoms with Crippen LogP contribution in [0, 0.1) is 0 Å². The number of imidazole rings is 1. The molecule has 1 fully saturated rings. The third kappa shape index (κ3) is 2.14. The topological polar surface area (TPSA) is 117 Å². The molecule has 2 aromatic rings. The number of hydrogen-bond acceptors (Lipinski definition) is 8. The normalized spacial score (nSPS) is 29.2. The molecule has 1 aliphatic heterocycles. The molecule has 3 heterocycles. The number of aromatic nitrogens is 4. The summed E-state index contributed by atoms with van der Waals surface area (Å²) >= 11 is 0. The molecule has 1 aliphatic rings. The second-order valence-corrected chi connectivity index (χ2v) is 5.14. The Labute approximate surface area is 120 Å². The van der Waals surface area contributed by atoms with Crippen molar-refractivity contribution in [3.05, 3.63) is 12.7 Å². The number of aliphatic hydroxyl groups excluding tert-OH is 3. The van der Waals surface area contributed by atoms with Crippen LogP contribution in [0.5, 0.6) is 0 Å². The Morgan fingerprint density at radius 3 is 2.62 bits per heavy atom. The van der Waals surface area contributed by atoms with Crippen molar-refractivity contribution in [3.63, 3.8) is 0 Å². The first-order valence-corrected chi connectivity index (χ1v) is 6.52. The van der Waals surface area contributed by atoms with Crippen LogP contribution in [0.4, 0.5) is 5.82 Å². The molecule has 3 N–H and O–H groups in total. The smallest absolute Gasteiger partial charge is 0.167 e. The predicted molar refractivity (Wildman–Crippen MR) is 72.7 cm³/mol. The maximum atomic E-state index is 10.1. The Bertz CT molecular complexity index is 646. The summed E-state index contributed by atoms with van der Waals surface area (Å²) in [6, 6.07) is 0. The van der Waals surface area contributed by atoms with E-state index in [-0.39, 0.29) is 6.61 Å². The molecular formula is C12H17N5O4. The van der Waals surface area contributed by atoms with Crippen LogP contribution in [0.3, 0.4) is 0 Å². The fourth-order valence-corrected chi connectivity index (χ4v) is 2.46. The zero-order valence-electron chi connectivity index (χ0n) is 11.7. The Hall–Kier alpha value is -1.81. The van der Waals surface area contributed by atoms with Gasteiger partial charge in [0.1, 0.15) is 24.6 Å². The average Bonchev–Trinajstić information content (AvgIpc) is 3.01. The van der Waals surface area contributed by atoms with Gasteiger partial charge in [-0.05, 0) is 0 Å². The summed E-state index contributed by atoms with van der Waals surface area (Å²) in [4.78, 5) is 14.4. The standard InChI is InChI=1S/C12H17N5O4/c1-16(2)10-7-11(14-4-13-10)17(5-15-7)12-9(20)8(19)6(3-18)21-12/h4-6,8-9,12,18-20H,3H2,1-2H3/t6-,8+,9-,12-/m1/s1. The number of rotatable bonds is 3. The fraction of sp³-hybridized carbons (Fsp3) is 0.583. The second kappa shape index (κ2) is 5.19. The van der Waals surface area contributed by atoms with E-state index in [1.54, 1.807) is 4.90 Å². The van der Waals surface area contributed by atoms with Crippen LogP contribution in [-0.4, -0.2) is 73.9 Å². The Balaban J connectivity index is 2.04. The molecule has 0 aromatic carbocycles. The quantitative estimate of drug-likeness (QED) is 0.626. The van der Waals surface area contributed by atoms with Crippen LogP contribution in [0.1, 0.15) is 6.23 Å². The molecule has 9 nitrogen and oxygen atoms in total. The highest BCUT2D eigenvalue weighted by molar-refractivity contribution is 5.83. The van der Waals surface area contributed by atoms with Crippen molar-refractivity contribution in [2.45, 2.75) is 24.5 Å². The number of anilines is 1. The molecule has 2 aromatic heterocycles. The zero-order valence-corrected chi connectivity index (χ0v) is 11.7. The van der Waals surface area contributed by atoms with Crippen molar-refractivity contribution in [2.75, 3.05) is 25.6 Å². The molecule has 4 atom stereocenters. The lowest BCUT2D eigenvalue weighted by molar-refractivity contribution is -0.0511. The van der Waals surface area contributed by atoms with E-state index in [1.165, 1.54) is 17.2 Å². The molecule has 1 saturated heterocycles. The van der Waals surface area contributed by atoms with Crippen molar-refractivity contribution < 1.29 is 20.1 Å². The van der Waals surface area contributed by atoms with E-state index in [9.17, 15) is 10.2 Å². The lowest BCUT2D eigenvalue weighted by atomic mass is 10.1. The summed E-state index contributed by atoms with van der Waals surface area (Å²) in [5, 5.41) is 29.1. The maximum absolute atomic E-state index is 10.1. The fourth-order valence-electron chi connectivity index (χ4n) is 2.46. The van der Waals surface area contributed by atoms with Gasteiger partial charge in [0.05, 0.1) is 12.9 Å². The minimum Gasteiger partial charge on any atom is -0.394 e. The van der Waals surface area contributed by atoms with E-state index < -0.39 is 24.5 Å². The van der Waals surface area contributed by atoms with Crippen molar-refractivity contribution >= 4 is 17.0 Å². The van der Waals surface area contributed by atoms with E-state index in [0.29, 0.717) is 17.0 Å². The minimum atomic E-state index is -1.17. The molecule has 0 radical (unpaired) electrons. The summed E-state index contributed by atoms with van der Waals surface area (Å²) in [5.74, 6) is 0.644. The van der Waals surface area contributed by atoms with Gasteiger partial charge >= 0.3 is 0 Å². The first-order chi connectivity index (χ1) is 10.0. The molecule has 0 bridgehead atoms. The molecule has 9 heteroatoms. The minimum absolute atomic E-state index is 0.376. The van der Waals surface area contributed by atoms with Gasteiger partial charge in [-0.3, -0.25) is 4.57 Å². The van der Waals surface area contributed by atoms with Gasteiger partial charge in [0.2, 0.25) is 0 Å². The first kappa shape index (κ1) is 14.1.